The van der Waals surface area contributed by atoms with Crippen LogP contribution in [0.15, 0.2) is 29.2 Å². The molecular formula is C19H30ClN3O3S. The van der Waals surface area contributed by atoms with Gasteiger partial charge in [-0.25, -0.2) is 8.42 Å². The molecule has 0 saturated carbocycles. The van der Waals surface area contributed by atoms with Gasteiger partial charge in [0.05, 0.1) is 4.90 Å². The lowest BCUT2D eigenvalue weighted by molar-refractivity contribution is 0.0607. The zero-order valence-electron chi connectivity index (χ0n) is 16.1. The fourth-order valence-corrected chi connectivity index (χ4v) is 5.60. The molecular weight excluding hydrogens is 386 g/mol. The highest BCUT2D eigenvalue weighted by molar-refractivity contribution is 7.89. The minimum atomic E-state index is -3.55. The molecule has 1 aromatic carbocycles. The second kappa shape index (κ2) is 8.90. The van der Waals surface area contributed by atoms with Crippen molar-refractivity contribution in [2.75, 3.05) is 39.3 Å². The normalized spacial score (nSPS) is 19.3. The van der Waals surface area contributed by atoms with Crippen LogP contribution in [0.1, 0.15) is 43.5 Å². The molecule has 27 heavy (non-hydrogen) atoms. The molecule has 152 valence electrons. The van der Waals surface area contributed by atoms with Crippen molar-refractivity contribution < 1.29 is 13.2 Å². The summed E-state index contributed by atoms with van der Waals surface area (Å²) in [6, 6.07) is 6.47. The number of benzene rings is 1. The maximum absolute atomic E-state index is 12.9. The van der Waals surface area contributed by atoms with Crippen LogP contribution in [-0.4, -0.2) is 62.8 Å². The fraction of sp³-hybridized carbons (Fsp3) is 0.632. The fourth-order valence-electron chi connectivity index (χ4n) is 4.09. The average Bonchev–Trinajstić information content (AvgIpc) is 3.11. The van der Waals surface area contributed by atoms with Gasteiger partial charge in [-0.15, -0.1) is 12.4 Å². The minimum Gasteiger partial charge on any atom is -0.339 e. The molecule has 0 unspecified atom stereocenters. The van der Waals surface area contributed by atoms with E-state index in [1.54, 1.807) is 18.2 Å². The van der Waals surface area contributed by atoms with Gasteiger partial charge in [0.2, 0.25) is 10.0 Å². The van der Waals surface area contributed by atoms with Gasteiger partial charge in [0.15, 0.2) is 0 Å². The Morgan fingerprint density at radius 3 is 2.41 bits per heavy atom. The van der Waals surface area contributed by atoms with Gasteiger partial charge in [-0.2, -0.15) is 4.31 Å². The molecule has 1 amide bonds. The van der Waals surface area contributed by atoms with E-state index in [2.05, 4.69) is 5.32 Å². The van der Waals surface area contributed by atoms with E-state index in [1.807, 2.05) is 18.7 Å². The first-order valence-corrected chi connectivity index (χ1v) is 11.0. The highest BCUT2D eigenvalue weighted by atomic mass is 35.5. The first-order chi connectivity index (χ1) is 12.4. The third kappa shape index (κ3) is 4.47. The SMILES string of the molecule is CCN(CC)S(=O)(=O)c1cccc(C(=O)N2CCC3(CCNC3)CC2)c1.Cl. The van der Waals surface area contributed by atoms with Gasteiger partial charge in [-0.1, -0.05) is 19.9 Å². The lowest BCUT2D eigenvalue weighted by atomic mass is 9.78. The number of hydrogen-bond donors (Lipinski definition) is 1. The molecule has 8 heteroatoms. The maximum atomic E-state index is 12.9. The average molecular weight is 416 g/mol. The van der Waals surface area contributed by atoms with Crippen LogP contribution >= 0.6 is 12.4 Å². The Labute approximate surface area is 168 Å². The summed E-state index contributed by atoms with van der Waals surface area (Å²) in [7, 11) is -3.55. The predicted octanol–water partition coefficient (Wildman–Crippen LogP) is 2.35. The Bertz CT molecular complexity index is 749. The molecule has 0 aliphatic carbocycles. The zero-order chi connectivity index (χ0) is 18.8. The minimum absolute atomic E-state index is 0. The van der Waals surface area contributed by atoms with Crippen molar-refractivity contribution in [2.24, 2.45) is 5.41 Å². The van der Waals surface area contributed by atoms with Gasteiger partial charge in [-0.3, -0.25) is 4.79 Å². The summed E-state index contributed by atoms with van der Waals surface area (Å²) in [5, 5.41) is 3.43. The number of likely N-dealkylation sites (tertiary alicyclic amines) is 1. The van der Waals surface area contributed by atoms with Crippen molar-refractivity contribution in [1.29, 1.82) is 0 Å². The van der Waals surface area contributed by atoms with Crippen LogP contribution in [0.3, 0.4) is 0 Å². The summed E-state index contributed by atoms with van der Waals surface area (Å²) >= 11 is 0. The van der Waals surface area contributed by atoms with E-state index in [4.69, 9.17) is 0 Å². The Morgan fingerprint density at radius 1 is 1.19 bits per heavy atom. The molecule has 0 radical (unpaired) electrons. The third-order valence-electron chi connectivity index (χ3n) is 5.87. The van der Waals surface area contributed by atoms with Gasteiger partial charge < -0.3 is 10.2 Å². The number of piperidine rings is 1. The van der Waals surface area contributed by atoms with Crippen LogP contribution in [0, 0.1) is 5.41 Å². The van der Waals surface area contributed by atoms with E-state index in [0.717, 1.165) is 39.0 Å². The number of nitrogens with zero attached hydrogens (tertiary/aromatic N) is 2. The summed E-state index contributed by atoms with van der Waals surface area (Å²) < 4.78 is 26.8. The number of carbonyl (C=O) groups excluding carboxylic acids is 1. The van der Waals surface area contributed by atoms with Gasteiger partial charge in [-0.05, 0) is 49.4 Å². The summed E-state index contributed by atoms with van der Waals surface area (Å²) in [6.07, 6.45) is 3.22. The molecule has 1 spiro atoms. The number of nitrogens with one attached hydrogen (secondary N) is 1. The van der Waals surface area contributed by atoms with E-state index in [0.29, 0.717) is 24.1 Å². The van der Waals surface area contributed by atoms with E-state index in [9.17, 15) is 13.2 Å². The van der Waals surface area contributed by atoms with Crippen LogP contribution in [0.25, 0.3) is 0 Å². The van der Waals surface area contributed by atoms with Crippen molar-refractivity contribution in [1.82, 2.24) is 14.5 Å². The van der Waals surface area contributed by atoms with Crippen LogP contribution in [0.5, 0.6) is 0 Å². The molecule has 1 aromatic rings. The molecule has 6 nitrogen and oxygen atoms in total. The third-order valence-corrected chi connectivity index (χ3v) is 7.91. The molecule has 2 saturated heterocycles. The highest BCUT2D eigenvalue weighted by Gasteiger charge is 2.38. The molecule has 0 aromatic heterocycles. The molecule has 2 fully saturated rings. The van der Waals surface area contributed by atoms with Crippen LogP contribution in [-0.2, 0) is 10.0 Å². The first kappa shape index (κ1) is 22.1. The number of carbonyl (C=O) groups is 1. The Balaban J connectivity index is 0.00000261. The quantitative estimate of drug-likeness (QED) is 0.801. The van der Waals surface area contributed by atoms with Crippen LogP contribution in [0.2, 0.25) is 0 Å². The topological polar surface area (TPSA) is 69.7 Å². The highest BCUT2D eigenvalue weighted by Crippen LogP contribution is 2.37. The summed E-state index contributed by atoms with van der Waals surface area (Å²) in [5.74, 6) is -0.0672. The van der Waals surface area contributed by atoms with E-state index in [-0.39, 0.29) is 23.2 Å². The second-order valence-corrected chi connectivity index (χ2v) is 9.27. The number of rotatable bonds is 5. The van der Waals surface area contributed by atoms with Gasteiger partial charge in [0, 0.05) is 38.3 Å². The smallest absolute Gasteiger partial charge is 0.253 e. The Hall–Kier alpha value is -1.15. The number of hydrogen-bond acceptors (Lipinski definition) is 4. The Kier molecular flexibility index (Phi) is 7.30. The largest absolute Gasteiger partial charge is 0.339 e. The van der Waals surface area contributed by atoms with E-state index >= 15 is 0 Å². The number of amides is 1. The van der Waals surface area contributed by atoms with E-state index < -0.39 is 10.0 Å². The monoisotopic (exact) mass is 415 g/mol. The molecule has 2 aliphatic rings. The van der Waals surface area contributed by atoms with Gasteiger partial charge in [0.25, 0.3) is 5.91 Å². The van der Waals surface area contributed by atoms with Crippen molar-refractivity contribution in [3.05, 3.63) is 29.8 Å². The molecule has 2 aliphatic heterocycles. The van der Waals surface area contributed by atoms with Crippen molar-refractivity contribution in [3.8, 4) is 0 Å². The summed E-state index contributed by atoms with van der Waals surface area (Å²) in [4.78, 5) is 15.0. The second-order valence-electron chi connectivity index (χ2n) is 7.34. The lowest BCUT2D eigenvalue weighted by Crippen LogP contribution is -2.44. The first-order valence-electron chi connectivity index (χ1n) is 9.52. The Morgan fingerprint density at radius 2 is 1.85 bits per heavy atom. The van der Waals surface area contributed by atoms with E-state index in [1.165, 1.54) is 16.8 Å². The van der Waals surface area contributed by atoms with Crippen molar-refractivity contribution in [2.45, 2.75) is 38.0 Å². The molecule has 0 bridgehead atoms. The maximum Gasteiger partial charge on any atom is 0.253 e. The predicted molar refractivity (Wildman–Crippen MR) is 109 cm³/mol. The van der Waals surface area contributed by atoms with Gasteiger partial charge >= 0.3 is 0 Å². The molecule has 2 heterocycles. The molecule has 1 N–H and O–H groups in total. The number of halogens is 1. The van der Waals surface area contributed by atoms with Crippen molar-refractivity contribution >= 4 is 28.3 Å². The number of sulfonamides is 1. The molecule has 3 rings (SSSR count). The van der Waals surface area contributed by atoms with Gasteiger partial charge in [0.1, 0.15) is 0 Å². The van der Waals surface area contributed by atoms with Crippen LogP contribution < -0.4 is 5.32 Å². The summed E-state index contributed by atoms with van der Waals surface area (Å²) in [5.41, 5.74) is 0.809. The summed E-state index contributed by atoms with van der Waals surface area (Å²) in [6.45, 7) is 8.07. The zero-order valence-corrected chi connectivity index (χ0v) is 17.7. The standard InChI is InChI=1S/C19H29N3O3S.ClH/c1-3-22(4-2)26(24,25)17-7-5-6-16(14-17)18(23)21-12-9-19(10-13-21)8-11-20-15-19;/h5-7,14,20H,3-4,8-13,15H2,1-2H3;1H. The van der Waals surface area contributed by atoms with Crippen molar-refractivity contribution in [3.63, 3.8) is 0 Å². The molecule has 0 atom stereocenters. The van der Waals surface area contributed by atoms with Crippen LogP contribution in [0.4, 0.5) is 0 Å². The lowest BCUT2D eigenvalue weighted by Gasteiger charge is -2.39.